The average Bonchev–Trinajstić information content (AvgIpc) is 2.75. The van der Waals surface area contributed by atoms with E-state index in [1.807, 2.05) is 4.90 Å². The number of carbonyl (C=O) groups excluding carboxylic acids is 1. The van der Waals surface area contributed by atoms with E-state index in [1.54, 1.807) is 6.92 Å². The molecule has 0 saturated carbocycles. The third kappa shape index (κ3) is 4.46. The van der Waals surface area contributed by atoms with Crippen molar-refractivity contribution in [1.82, 2.24) is 14.7 Å². The molecule has 132 valence electrons. The molecule has 0 aromatic rings. The van der Waals surface area contributed by atoms with Crippen molar-refractivity contribution in [3.63, 3.8) is 0 Å². The largest absolute Gasteiger partial charge is 0.381 e. The van der Waals surface area contributed by atoms with Crippen molar-refractivity contribution in [2.75, 3.05) is 59.0 Å². The Kier molecular flexibility index (Phi) is 5.94. The van der Waals surface area contributed by atoms with Crippen LogP contribution in [0.3, 0.4) is 0 Å². The van der Waals surface area contributed by atoms with E-state index in [-0.39, 0.29) is 5.91 Å². The van der Waals surface area contributed by atoms with E-state index in [1.165, 1.54) is 32.5 Å². The molecule has 3 aliphatic rings. The first-order valence-electron chi connectivity index (χ1n) is 9.43. The number of ether oxygens (including phenoxy) is 1. The second kappa shape index (κ2) is 7.95. The predicted octanol–water partition coefficient (Wildman–Crippen LogP) is 1.29. The molecule has 3 saturated heterocycles. The van der Waals surface area contributed by atoms with Gasteiger partial charge in [0.05, 0.1) is 0 Å². The van der Waals surface area contributed by atoms with E-state index in [4.69, 9.17) is 4.74 Å². The molecular formula is C18H33N3O2. The van der Waals surface area contributed by atoms with Crippen molar-refractivity contribution in [2.45, 2.75) is 39.2 Å². The number of hydrogen-bond acceptors (Lipinski definition) is 4. The van der Waals surface area contributed by atoms with E-state index in [0.29, 0.717) is 6.04 Å². The lowest BCUT2D eigenvalue weighted by Gasteiger charge is -2.31. The number of rotatable bonds is 3. The predicted molar refractivity (Wildman–Crippen MR) is 91.4 cm³/mol. The zero-order chi connectivity index (χ0) is 16.2. The van der Waals surface area contributed by atoms with Crippen LogP contribution in [0, 0.1) is 11.8 Å². The Morgan fingerprint density at radius 1 is 1.09 bits per heavy atom. The molecular weight excluding hydrogens is 290 g/mol. The molecule has 1 amide bonds. The summed E-state index contributed by atoms with van der Waals surface area (Å²) in [4.78, 5) is 18.9. The molecule has 0 unspecified atom stereocenters. The molecule has 3 aliphatic heterocycles. The van der Waals surface area contributed by atoms with Gasteiger partial charge in [-0.1, -0.05) is 6.92 Å². The third-order valence-electron chi connectivity index (χ3n) is 5.95. The highest BCUT2D eigenvalue weighted by atomic mass is 16.5. The fourth-order valence-electron chi connectivity index (χ4n) is 4.55. The summed E-state index contributed by atoms with van der Waals surface area (Å²) < 4.78 is 5.49. The molecule has 5 heteroatoms. The number of carbonyl (C=O) groups is 1. The van der Waals surface area contributed by atoms with E-state index in [0.717, 1.165) is 57.6 Å². The monoisotopic (exact) mass is 323 g/mol. The van der Waals surface area contributed by atoms with Crippen LogP contribution in [0.1, 0.15) is 33.1 Å². The standard InChI is InChI=1S/C18H33N3O2/c1-15-12-19(13-17-4-10-23-11-5-17)14-18(15)21-7-3-6-20(8-9-21)16(2)22/h15,17-18H,3-14H2,1-2H3/t15-,18-/m1/s1. The Hall–Kier alpha value is -0.650. The number of amides is 1. The van der Waals surface area contributed by atoms with Crippen LogP contribution in [0.4, 0.5) is 0 Å². The second-order valence-electron chi connectivity index (χ2n) is 7.71. The van der Waals surface area contributed by atoms with E-state index >= 15 is 0 Å². The Bertz CT molecular complexity index is 398. The molecule has 3 rings (SSSR count). The van der Waals surface area contributed by atoms with Gasteiger partial charge >= 0.3 is 0 Å². The molecule has 3 fully saturated rings. The Balaban J connectivity index is 1.50. The highest BCUT2D eigenvalue weighted by Gasteiger charge is 2.35. The van der Waals surface area contributed by atoms with Gasteiger partial charge in [0.15, 0.2) is 0 Å². The van der Waals surface area contributed by atoms with Gasteiger partial charge in [-0.15, -0.1) is 0 Å². The Morgan fingerprint density at radius 2 is 1.87 bits per heavy atom. The van der Waals surface area contributed by atoms with E-state index in [9.17, 15) is 4.79 Å². The molecule has 0 aromatic heterocycles. The molecule has 5 nitrogen and oxygen atoms in total. The lowest BCUT2D eigenvalue weighted by molar-refractivity contribution is -0.128. The van der Waals surface area contributed by atoms with Gasteiger partial charge in [0.2, 0.25) is 5.91 Å². The van der Waals surface area contributed by atoms with E-state index in [2.05, 4.69) is 16.7 Å². The summed E-state index contributed by atoms with van der Waals surface area (Å²) in [7, 11) is 0. The van der Waals surface area contributed by atoms with Crippen LogP contribution >= 0.6 is 0 Å². The first-order chi connectivity index (χ1) is 11.1. The Labute approximate surface area is 140 Å². The zero-order valence-corrected chi connectivity index (χ0v) is 14.9. The lowest BCUT2D eigenvalue weighted by Crippen LogP contribution is -2.43. The van der Waals surface area contributed by atoms with Gasteiger partial charge in [0.25, 0.3) is 0 Å². The summed E-state index contributed by atoms with van der Waals surface area (Å²) in [6, 6.07) is 0.668. The van der Waals surface area contributed by atoms with Gasteiger partial charge in [-0.3, -0.25) is 9.69 Å². The van der Waals surface area contributed by atoms with Crippen molar-refractivity contribution in [3.05, 3.63) is 0 Å². The van der Waals surface area contributed by atoms with Gasteiger partial charge in [0, 0.05) is 72.0 Å². The maximum Gasteiger partial charge on any atom is 0.219 e. The molecule has 0 spiro atoms. The fourth-order valence-corrected chi connectivity index (χ4v) is 4.55. The maximum atomic E-state index is 11.6. The SMILES string of the molecule is CC(=O)N1CCCN([C@@H]2CN(CC3CCOCC3)C[C@H]2C)CC1. The van der Waals surface area contributed by atoms with Gasteiger partial charge in [0.1, 0.15) is 0 Å². The van der Waals surface area contributed by atoms with Crippen LogP contribution in [0.5, 0.6) is 0 Å². The van der Waals surface area contributed by atoms with Crippen LogP contribution in [0.2, 0.25) is 0 Å². The Morgan fingerprint density at radius 3 is 2.61 bits per heavy atom. The van der Waals surface area contributed by atoms with Crippen LogP contribution in [0.15, 0.2) is 0 Å². The highest BCUT2D eigenvalue weighted by Crippen LogP contribution is 2.26. The van der Waals surface area contributed by atoms with Gasteiger partial charge in [-0.2, -0.15) is 0 Å². The van der Waals surface area contributed by atoms with Gasteiger partial charge in [-0.05, 0) is 31.1 Å². The molecule has 2 atom stereocenters. The summed E-state index contributed by atoms with van der Waals surface area (Å²) in [5.74, 6) is 1.79. The molecule has 23 heavy (non-hydrogen) atoms. The highest BCUT2D eigenvalue weighted by molar-refractivity contribution is 5.73. The summed E-state index contributed by atoms with van der Waals surface area (Å²) in [6.45, 7) is 13.7. The molecule has 3 heterocycles. The second-order valence-corrected chi connectivity index (χ2v) is 7.71. The molecule has 0 radical (unpaired) electrons. The quantitative estimate of drug-likeness (QED) is 0.784. The van der Waals surface area contributed by atoms with E-state index < -0.39 is 0 Å². The first kappa shape index (κ1) is 17.2. The fraction of sp³-hybridized carbons (Fsp3) is 0.944. The minimum Gasteiger partial charge on any atom is -0.381 e. The zero-order valence-electron chi connectivity index (χ0n) is 14.9. The number of hydrogen-bond donors (Lipinski definition) is 0. The molecule has 0 bridgehead atoms. The smallest absolute Gasteiger partial charge is 0.219 e. The molecule has 0 N–H and O–H groups in total. The molecule has 0 aliphatic carbocycles. The van der Waals surface area contributed by atoms with Gasteiger partial charge in [-0.25, -0.2) is 0 Å². The summed E-state index contributed by atoms with van der Waals surface area (Å²) >= 11 is 0. The summed E-state index contributed by atoms with van der Waals surface area (Å²) in [5, 5.41) is 0. The minimum absolute atomic E-state index is 0.229. The van der Waals surface area contributed by atoms with Crippen LogP contribution in [-0.4, -0.2) is 85.7 Å². The first-order valence-corrected chi connectivity index (χ1v) is 9.43. The lowest BCUT2D eigenvalue weighted by atomic mass is 10.00. The minimum atomic E-state index is 0.229. The van der Waals surface area contributed by atoms with Crippen molar-refractivity contribution >= 4 is 5.91 Å². The summed E-state index contributed by atoms with van der Waals surface area (Å²) in [5.41, 5.74) is 0. The number of nitrogens with zero attached hydrogens (tertiary/aromatic N) is 3. The maximum absolute atomic E-state index is 11.6. The third-order valence-corrected chi connectivity index (χ3v) is 5.95. The molecule has 0 aromatic carbocycles. The van der Waals surface area contributed by atoms with Crippen LogP contribution in [-0.2, 0) is 9.53 Å². The van der Waals surface area contributed by atoms with Crippen LogP contribution in [0.25, 0.3) is 0 Å². The van der Waals surface area contributed by atoms with Crippen molar-refractivity contribution < 1.29 is 9.53 Å². The summed E-state index contributed by atoms with van der Waals surface area (Å²) in [6.07, 6.45) is 3.57. The van der Waals surface area contributed by atoms with Crippen molar-refractivity contribution in [1.29, 1.82) is 0 Å². The normalized spacial score (nSPS) is 32.2. The average molecular weight is 323 g/mol. The van der Waals surface area contributed by atoms with Gasteiger partial charge < -0.3 is 14.5 Å². The topological polar surface area (TPSA) is 36.0 Å². The van der Waals surface area contributed by atoms with Crippen LogP contribution < -0.4 is 0 Å². The van der Waals surface area contributed by atoms with Crippen molar-refractivity contribution in [3.8, 4) is 0 Å². The van der Waals surface area contributed by atoms with Crippen molar-refractivity contribution in [2.24, 2.45) is 11.8 Å². The number of likely N-dealkylation sites (tertiary alicyclic amines) is 1.